The molecule has 2 aromatic carbocycles. The molecular formula is C24H30N2O4. The lowest BCUT2D eigenvalue weighted by molar-refractivity contribution is -0.121. The van der Waals surface area contributed by atoms with Gasteiger partial charge in [0.1, 0.15) is 5.75 Å². The van der Waals surface area contributed by atoms with E-state index >= 15 is 0 Å². The molecule has 0 aliphatic rings. The molecule has 0 spiro atoms. The van der Waals surface area contributed by atoms with Crippen molar-refractivity contribution in [2.75, 3.05) is 13.1 Å². The third-order valence-corrected chi connectivity index (χ3v) is 4.57. The first kappa shape index (κ1) is 23.1. The van der Waals surface area contributed by atoms with Gasteiger partial charge in [0, 0.05) is 37.1 Å². The summed E-state index contributed by atoms with van der Waals surface area (Å²) in [7, 11) is 0. The molecular weight excluding hydrogens is 380 g/mol. The molecule has 0 aromatic heterocycles. The first-order valence-electron chi connectivity index (χ1n) is 10.3. The summed E-state index contributed by atoms with van der Waals surface area (Å²) in [6.07, 6.45) is 1.86. The van der Waals surface area contributed by atoms with Crippen molar-refractivity contribution in [3.05, 3.63) is 65.2 Å². The molecule has 6 heteroatoms. The molecule has 0 saturated heterocycles. The molecule has 160 valence electrons. The topological polar surface area (TPSA) is 95.5 Å². The van der Waals surface area contributed by atoms with Crippen LogP contribution in [0.25, 0.3) is 0 Å². The molecule has 2 aromatic rings. The van der Waals surface area contributed by atoms with Crippen molar-refractivity contribution in [1.29, 1.82) is 0 Å². The largest absolute Gasteiger partial charge is 0.508 e. The predicted molar refractivity (Wildman–Crippen MR) is 117 cm³/mol. The van der Waals surface area contributed by atoms with Crippen molar-refractivity contribution >= 4 is 17.6 Å². The molecule has 2 amide bonds. The van der Waals surface area contributed by atoms with Crippen molar-refractivity contribution in [1.82, 2.24) is 10.6 Å². The molecule has 0 saturated carbocycles. The van der Waals surface area contributed by atoms with Gasteiger partial charge in [0.05, 0.1) is 0 Å². The second kappa shape index (κ2) is 11.8. The van der Waals surface area contributed by atoms with E-state index < -0.39 is 0 Å². The molecule has 0 bridgehead atoms. The van der Waals surface area contributed by atoms with Crippen LogP contribution < -0.4 is 10.6 Å². The fraction of sp³-hybridized carbons (Fsp3) is 0.375. The van der Waals surface area contributed by atoms with Gasteiger partial charge in [-0.15, -0.1) is 0 Å². The van der Waals surface area contributed by atoms with Gasteiger partial charge in [0.2, 0.25) is 5.91 Å². The molecule has 30 heavy (non-hydrogen) atoms. The molecule has 0 aliphatic heterocycles. The van der Waals surface area contributed by atoms with Gasteiger partial charge in [0.15, 0.2) is 5.78 Å². The minimum atomic E-state index is -0.276. The second-order valence-corrected chi connectivity index (χ2v) is 7.73. The number of carbonyl (C=O) groups is 3. The Morgan fingerprint density at radius 1 is 0.900 bits per heavy atom. The monoisotopic (exact) mass is 410 g/mol. The highest BCUT2D eigenvalue weighted by molar-refractivity contribution is 5.98. The van der Waals surface area contributed by atoms with E-state index in [-0.39, 0.29) is 36.2 Å². The molecule has 0 heterocycles. The lowest BCUT2D eigenvalue weighted by Crippen LogP contribution is -2.30. The van der Waals surface area contributed by atoms with Crippen LogP contribution >= 0.6 is 0 Å². The minimum absolute atomic E-state index is 0.0379. The van der Waals surface area contributed by atoms with Gasteiger partial charge in [-0.1, -0.05) is 44.2 Å². The molecule has 0 radical (unpaired) electrons. The summed E-state index contributed by atoms with van der Waals surface area (Å²) in [5.41, 5.74) is 2.22. The summed E-state index contributed by atoms with van der Waals surface area (Å²) in [6, 6.07) is 13.7. The maximum absolute atomic E-state index is 12.2. The number of hydrogen-bond acceptors (Lipinski definition) is 4. The van der Waals surface area contributed by atoms with E-state index in [0.717, 1.165) is 6.42 Å². The van der Waals surface area contributed by atoms with E-state index in [2.05, 4.69) is 24.5 Å². The van der Waals surface area contributed by atoms with Crippen molar-refractivity contribution in [3.8, 4) is 5.75 Å². The molecule has 0 aliphatic carbocycles. The second-order valence-electron chi connectivity index (χ2n) is 7.73. The van der Waals surface area contributed by atoms with Crippen LogP contribution in [-0.4, -0.2) is 35.8 Å². The zero-order chi connectivity index (χ0) is 21.9. The Morgan fingerprint density at radius 3 is 2.27 bits per heavy atom. The Hall–Kier alpha value is -3.15. The number of amides is 2. The van der Waals surface area contributed by atoms with E-state index in [4.69, 9.17) is 0 Å². The summed E-state index contributed by atoms with van der Waals surface area (Å²) in [4.78, 5) is 36.1. The highest BCUT2D eigenvalue weighted by Crippen LogP contribution is 2.12. The highest BCUT2D eigenvalue weighted by Gasteiger charge is 2.10. The predicted octanol–water partition coefficient (Wildman–Crippen LogP) is 3.49. The maximum atomic E-state index is 12.2. The number of phenolic OH excluding ortho intramolecular Hbond substituents is 1. The van der Waals surface area contributed by atoms with Crippen LogP contribution in [0.2, 0.25) is 0 Å². The molecule has 0 unspecified atom stereocenters. The Balaban J connectivity index is 1.61. The van der Waals surface area contributed by atoms with Crippen molar-refractivity contribution in [2.45, 2.75) is 39.5 Å². The first-order valence-corrected chi connectivity index (χ1v) is 10.3. The average Bonchev–Trinajstić information content (AvgIpc) is 2.71. The van der Waals surface area contributed by atoms with Crippen molar-refractivity contribution < 1.29 is 19.5 Å². The van der Waals surface area contributed by atoms with Gasteiger partial charge < -0.3 is 15.7 Å². The Morgan fingerprint density at radius 2 is 1.60 bits per heavy atom. The fourth-order valence-corrected chi connectivity index (χ4v) is 3.03. The number of aromatic hydroxyl groups is 1. The number of hydrogen-bond donors (Lipinski definition) is 3. The smallest absolute Gasteiger partial charge is 0.251 e. The van der Waals surface area contributed by atoms with Gasteiger partial charge in [-0.2, -0.15) is 0 Å². The lowest BCUT2D eigenvalue weighted by atomic mass is 9.99. The van der Waals surface area contributed by atoms with Crippen molar-refractivity contribution in [3.63, 3.8) is 0 Å². The van der Waals surface area contributed by atoms with Crippen LogP contribution in [0, 0.1) is 5.92 Å². The number of ketones is 1. The van der Waals surface area contributed by atoms with Crippen molar-refractivity contribution in [2.24, 2.45) is 5.92 Å². The number of Topliss-reactive ketones (excluding diaryl/α,β-unsaturated/α-hetero) is 1. The fourth-order valence-electron chi connectivity index (χ4n) is 3.03. The Labute approximate surface area is 177 Å². The van der Waals surface area contributed by atoms with Gasteiger partial charge in [-0.05, 0) is 42.5 Å². The zero-order valence-corrected chi connectivity index (χ0v) is 17.6. The number of benzene rings is 2. The van der Waals surface area contributed by atoms with E-state index in [1.807, 2.05) is 24.3 Å². The molecule has 0 atom stereocenters. The van der Waals surface area contributed by atoms with Gasteiger partial charge in [-0.3, -0.25) is 14.4 Å². The number of nitrogens with one attached hydrogen (secondary N) is 2. The third kappa shape index (κ3) is 8.07. The van der Waals surface area contributed by atoms with E-state index in [1.54, 1.807) is 12.1 Å². The van der Waals surface area contributed by atoms with Crippen LogP contribution in [0.1, 0.15) is 59.4 Å². The van der Waals surface area contributed by atoms with E-state index in [0.29, 0.717) is 36.6 Å². The maximum Gasteiger partial charge on any atom is 0.251 e. The summed E-state index contributed by atoms with van der Waals surface area (Å²) in [5.74, 6) is 0.104. The molecule has 0 fully saturated rings. The number of rotatable bonds is 11. The quantitative estimate of drug-likeness (QED) is 0.390. The first-order chi connectivity index (χ1) is 14.3. The van der Waals surface area contributed by atoms with Crippen LogP contribution in [0.5, 0.6) is 5.75 Å². The SMILES string of the molecule is CC(C)Cc1ccc(C(=O)CCC(=O)NCCCNC(=O)c2cccc(O)c2)cc1. The van der Waals surface area contributed by atoms with E-state index in [9.17, 15) is 19.5 Å². The van der Waals surface area contributed by atoms with Crippen LogP contribution in [0.15, 0.2) is 48.5 Å². The number of carbonyl (C=O) groups excluding carboxylic acids is 3. The van der Waals surface area contributed by atoms with Crippen LogP contribution in [0.4, 0.5) is 0 Å². The Kier molecular flexibility index (Phi) is 9.06. The standard InChI is InChI=1S/C24H30N2O4/c1-17(2)15-18-7-9-19(10-8-18)22(28)11-12-23(29)25-13-4-14-26-24(30)20-5-3-6-21(27)16-20/h3,5-10,16-17,27H,4,11-15H2,1-2H3,(H,25,29)(H,26,30). The third-order valence-electron chi connectivity index (χ3n) is 4.57. The minimum Gasteiger partial charge on any atom is -0.508 e. The van der Waals surface area contributed by atoms with Gasteiger partial charge >= 0.3 is 0 Å². The van der Waals surface area contributed by atoms with E-state index in [1.165, 1.54) is 17.7 Å². The summed E-state index contributed by atoms with van der Waals surface area (Å²) < 4.78 is 0. The van der Waals surface area contributed by atoms with Gasteiger partial charge in [-0.25, -0.2) is 0 Å². The van der Waals surface area contributed by atoms with Crippen LogP contribution in [-0.2, 0) is 11.2 Å². The number of phenols is 1. The zero-order valence-electron chi connectivity index (χ0n) is 17.6. The lowest BCUT2D eigenvalue weighted by Gasteiger charge is -2.08. The average molecular weight is 411 g/mol. The molecule has 3 N–H and O–H groups in total. The normalized spacial score (nSPS) is 10.6. The summed E-state index contributed by atoms with van der Waals surface area (Å²) in [6.45, 7) is 5.12. The summed E-state index contributed by atoms with van der Waals surface area (Å²) >= 11 is 0. The highest BCUT2D eigenvalue weighted by atomic mass is 16.3. The summed E-state index contributed by atoms with van der Waals surface area (Å²) in [5, 5.41) is 14.9. The van der Waals surface area contributed by atoms with Gasteiger partial charge in [0.25, 0.3) is 5.91 Å². The Bertz CT molecular complexity index is 860. The molecule has 2 rings (SSSR count). The molecule has 6 nitrogen and oxygen atoms in total. The van der Waals surface area contributed by atoms with Crippen LogP contribution in [0.3, 0.4) is 0 Å².